The van der Waals surface area contributed by atoms with Gasteiger partial charge < -0.3 is 19.8 Å². The molecule has 3 heterocycles. The van der Waals surface area contributed by atoms with E-state index in [1.165, 1.54) is 17.4 Å². The van der Waals surface area contributed by atoms with Crippen LogP contribution in [-0.2, 0) is 21.4 Å². The van der Waals surface area contributed by atoms with Crippen molar-refractivity contribution in [2.24, 2.45) is 12.8 Å². The average molecular weight is 538 g/mol. The highest BCUT2D eigenvalue weighted by Crippen LogP contribution is 2.37. The van der Waals surface area contributed by atoms with Gasteiger partial charge in [-0.3, -0.25) is 9.63 Å². The fourth-order valence-electron chi connectivity index (χ4n) is 3.38. The number of aromatic nitrogens is 2. The summed E-state index contributed by atoms with van der Waals surface area (Å²) in [6.07, 6.45) is 3.05. The van der Waals surface area contributed by atoms with Crippen molar-refractivity contribution in [2.75, 3.05) is 11.7 Å². The standard InChI is InChI=1S/C21H20FIN4O4/c1-21(2)29-10-13(31-21)11-30-27(16-7-6-12(23)9-15(16)22)20-17(18(24)28)14-5-4-8-25-19(14)26(20)3/h4-10H,11H2,1-3H3,(H2,24,28). The van der Waals surface area contributed by atoms with Crippen LogP contribution in [0.25, 0.3) is 11.0 Å². The Morgan fingerprint density at radius 1 is 1.39 bits per heavy atom. The van der Waals surface area contributed by atoms with Crippen molar-refractivity contribution < 1.29 is 23.5 Å². The number of anilines is 2. The largest absolute Gasteiger partial charge is 0.457 e. The lowest BCUT2D eigenvalue weighted by Crippen LogP contribution is -2.27. The van der Waals surface area contributed by atoms with Crippen LogP contribution in [0.2, 0.25) is 0 Å². The van der Waals surface area contributed by atoms with Gasteiger partial charge in [-0.2, -0.15) is 0 Å². The number of fused-ring (bicyclic) bond motifs is 1. The second-order valence-electron chi connectivity index (χ2n) is 7.36. The van der Waals surface area contributed by atoms with E-state index in [9.17, 15) is 9.18 Å². The Morgan fingerprint density at radius 3 is 2.81 bits per heavy atom. The molecule has 8 nitrogen and oxygen atoms in total. The molecule has 0 saturated carbocycles. The SMILES string of the molecule is Cn1c(N(OCC2=COC(C)(C)O2)c2ccc(I)cc2F)c(C(N)=O)c2cccnc21. The Hall–Kier alpha value is -2.86. The normalized spacial score (nSPS) is 14.8. The van der Waals surface area contributed by atoms with Crippen molar-refractivity contribution in [3.05, 3.63) is 63.5 Å². The summed E-state index contributed by atoms with van der Waals surface area (Å²) in [7, 11) is 1.70. The molecule has 1 amide bonds. The lowest BCUT2D eigenvalue weighted by Gasteiger charge is -2.26. The Bertz CT molecular complexity index is 1210. The van der Waals surface area contributed by atoms with Gasteiger partial charge in [-0.25, -0.2) is 14.4 Å². The zero-order valence-corrected chi connectivity index (χ0v) is 19.2. The number of hydrogen-bond acceptors (Lipinski definition) is 6. The third kappa shape index (κ3) is 4.04. The first-order valence-corrected chi connectivity index (χ1v) is 10.4. The van der Waals surface area contributed by atoms with Gasteiger partial charge in [-0.05, 0) is 52.9 Å². The van der Waals surface area contributed by atoms with E-state index in [2.05, 4.69) is 4.98 Å². The molecule has 0 fully saturated rings. The highest BCUT2D eigenvalue weighted by molar-refractivity contribution is 14.1. The zero-order valence-electron chi connectivity index (χ0n) is 17.1. The minimum atomic E-state index is -0.820. The Morgan fingerprint density at radius 2 is 2.16 bits per heavy atom. The van der Waals surface area contributed by atoms with Gasteiger partial charge in [0.2, 0.25) is 5.79 Å². The fourth-order valence-corrected chi connectivity index (χ4v) is 3.84. The predicted octanol–water partition coefficient (Wildman–Crippen LogP) is 4.11. The Kier molecular flexibility index (Phi) is 5.52. The molecule has 4 rings (SSSR count). The van der Waals surface area contributed by atoms with E-state index >= 15 is 0 Å². The molecule has 0 aliphatic carbocycles. The number of rotatable bonds is 6. The van der Waals surface area contributed by atoms with E-state index in [1.807, 2.05) is 22.6 Å². The number of benzene rings is 1. The number of pyridine rings is 1. The fraction of sp³-hybridized carbons (Fsp3) is 0.238. The van der Waals surface area contributed by atoms with Gasteiger partial charge in [0, 0.05) is 36.0 Å². The maximum atomic E-state index is 15.0. The highest BCUT2D eigenvalue weighted by Gasteiger charge is 2.31. The summed E-state index contributed by atoms with van der Waals surface area (Å²) in [6, 6.07) is 8.10. The molecule has 0 atom stereocenters. The van der Waals surface area contributed by atoms with Crippen LogP contribution < -0.4 is 10.8 Å². The number of amides is 1. The smallest absolute Gasteiger partial charge is 0.253 e. The van der Waals surface area contributed by atoms with Gasteiger partial charge in [0.1, 0.15) is 30.0 Å². The van der Waals surface area contributed by atoms with Crippen LogP contribution in [0.1, 0.15) is 24.2 Å². The van der Waals surface area contributed by atoms with Gasteiger partial charge in [0.05, 0.1) is 5.56 Å². The molecule has 0 unspecified atom stereocenters. The second-order valence-corrected chi connectivity index (χ2v) is 8.61. The Labute approximate surface area is 191 Å². The number of carbonyl (C=O) groups is 1. The predicted molar refractivity (Wildman–Crippen MR) is 121 cm³/mol. The van der Waals surface area contributed by atoms with Crippen LogP contribution in [0.3, 0.4) is 0 Å². The number of nitrogens with two attached hydrogens (primary N) is 1. The van der Waals surface area contributed by atoms with E-state index in [-0.39, 0.29) is 23.7 Å². The topological polar surface area (TPSA) is 91.8 Å². The van der Waals surface area contributed by atoms with Gasteiger partial charge in [-0.15, -0.1) is 0 Å². The molecular weight excluding hydrogens is 518 g/mol. The molecule has 31 heavy (non-hydrogen) atoms. The molecule has 1 aliphatic rings. The molecule has 10 heteroatoms. The number of halogens is 2. The maximum absolute atomic E-state index is 15.0. The third-order valence-electron chi connectivity index (χ3n) is 4.67. The van der Waals surface area contributed by atoms with Crippen molar-refractivity contribution in [3.63, 3.8) is 0 Å². The van der Waals surface area contributed by atoms with E-state index < -0.39 is 17.5 Å². The van der Waals surface area contributed by atoms with Crippen molar-refractivity contribution >= 4 is 51.0 Å². The van der Waals surface area contributed by atoms with Crippen LogP contribution in [0.5, 0.6) is 0 Å². The zero-order chi connectivity index (χ0) is 22.3. The minimum Gasteiger partial charge on any atom is -0.457 e. The molecule has 0 spiro atoms. The van der Waals surface area contributed by atoms with Crippen LogP contribution in [0.4, 0.5) is 15.9 Å². The molecule has 0 bridgehead atoms. The molecule has 1 aliphatic heterocycles. The first-order chi connectivity index (χ1) is 14.7. The summed E-state index contributed by atoms with van der Waals surface area (Å²) >= 11 is 2.02. The van der Waals surface area contributed by atoms with Gasteiger partial charge in [0.15, 0.2) is 11.6 Å². The first kappa shape index (κ1) is 21.4. The summed E-state index contributed by atoms with van der Waals surface area (Å²) < 4.78 is 28.4. The highest BCUT2D eigenvalue weighted by atomic mass is 127. The van der Waals surface area contributed by atoms with E-state index in [4.69, 9.17) is 20.0 Å². The summed E-state index contributed by atoms with van der Waals surface area (Å²) in [5.41, 5.74) is 6.49. The number of primary amides is 1. The van der Waals surface area contributed by atoms with Gasteiger partial charge in [0.25, 0.3) is 5.91 Å². The van der Waals surface area contributed by atoms with Crippen LogP contribution in [-0.4, -0.2) is 27.9 Å². The molecule has 3 aromatic rings. The van der Waals surface area contributed by atoms with Gasteiger partial charge >= 0.3 is 0 Å². The lowest BCUT2D eigenvalue weighted by molar-refractivity contribution is -0.121. The lowest BCUT2D eigenvalue weighted by atomic mass is 10.2. The minimum absolute atomic E-state index is 0.0674. The van der Waals surface area contributed by atoms with Crippen molar-refractivity contribution in [1.82, 2.24) is 9.55 Å². The molecular formula is C21H20FIN4O4. The summed E-state index contributed by atoms with van der Waals surface area (Å²) in [5.74, 6) is -1.37. The van der Waals surface area contributed by atoms with E-state index in [0.29, 0.717) is 20.4 Å². The number of hydrogen-bond donors (Lipinski definition) is 1. The van der Waals surface area contributed by atoms with Crippen LogP contribution in [0, 0.1) is 9.39 Å². The second kappa shape index (κ2) is 8.00. The summed E-state index contributed by atoms with van der Waals surface area (Å²) in [6.45, 7) is 3.45. The third-order valence-corrected chi connectivity index (χ3v) is 5.34. The quantitative estimate of drug-likeness (QED) is 0.376. The first-order valence-electron chi connectivity index (χ1n) is 9.35. The Balaban J connectivity index is 1.84. The molecule has 2 aromatic heterocycles. The number of nitrogens with zero attached hydrogens (tertiary/aromatic N) is 3. The average Bonchev–Trinajstić information content (AvgIpc) is 3.20. The maximum Gasteiger partial charge on any atom is 0.253 e. The van der Waals surface area contributed by atoms with Crippen molar-refractivity contribution in [1.29, 1.82) is 0 Å². The molecule has 162 valence electrons. The number of carbonyl (C=O) groups excluding carboxylic acids is 1. The van der Waals surface area contributed by atoms with Crippen LogP contribution in [0.15, 0.2) is 48.5 Å². The van der Waals surface area contributed by atoms with E-state index in [0.717, 1.165) is 0 Å². The monoisotopic (exact) mass is 538 g/mol. The molecule has 0 saturated heterocycles. The van der Waals surface area contributed by atoms with Crippen molar-refractivity contribution in [3.8, 4) is 0 Å². The number of ether oxygens (including phenoxy) is 2. The molecule has 0 radical (unpaired) electrons. The molecule has 1 aromatic carbocycles. The van der Waals surface area contributed by atoms with Crippen molar-refractivity contribution in [2.45, 2.75) is 19.6 Å². The van der Waals surface area contributed by atoms with Crippen LogP contribution >= 0.6 is 22.6 Å². The molecule has 2 N–H and O–H groups in total. The van der Waals surface area contributed by atoms with Gasteiger partial charge in [-0.1, -0.05) is 0 Å². The number of aryl methyl sites for hydroxylation is 1. The van der Waals surface area contributed by atoms with E-state index in [1.54, 1.807) is 55.9 Å². The summed E-state index contributed by atoms with van der Waals surface area (Å²) in [5, 5.41) is 1.77. The summed E-state index contributed by atoms with van der Waals surface area (Å²) in [4.78, 5) is 22.7.